The van der Waals surface area contributed by atoms with Gasteiger partial charge in [-0.1, -0.05) is 37.7 Å². The Morgan fingerprint density at radius 1 is 1.09 bits per heavy atom. The summed E-state index contributed by atoms with van der Waals surface area (Å²) >= 11 is 1.23. The number of ether oxygens (including phenoxy) is 2. The van der Waals surface area contributed by atoms with Gasteiger partial charge < -0.3 is 19.1 Å². The zero-order chi connectivity index (χ0) is 24.3. The minimum atomic E-state index is -0.874. The number of imidazole rings is 1. The highest BCUT2D eigenvalue weighted by Gasteiger charge is 2.19. The molecule has 0 saturated heterocycles. The maximum absolute atomic E-state index is 12.5. The van der Waals surface area contributed by atoms with Crippen LogP contribution in [0.3, 0.4) is 0 Å². The number of para-hydroxylation sites is 1. The van der Waals surface area contributed by atoms with Crippen molar-refractivity contribution in [2.45, 2.75) is 25.1 Å². The van der Waals surface area contributed by atoms with E-state index in [1.807, 2.05) is 13.8 Å². The Morgan fingerprint density at radius 3 is 2.48 bits per heavy atom. The minimum absolute atomic E-state index is 0.0499. The summed E-state index contributed by atoms with van der Waals surface area (Å²) in [6.45, 7) is 4.16. The molecule has 178 valence electrons. The number of hydrogen-bond acceptors (Lipinski definition) is 8. The second kappa shape index (κ2) is 10.3. The fraction of sp³-hybridized carbons (Fsp3) is 0.455. The van der Waals surface area contributed by atoms with Crippen LogP contribution < -0.4 is 16.0 Å². The number of aryl methyl sites for hydroxylation is 2. The van der Waals surface area contributed by atoms with Crippen LogP contribution in [0.5, 0.6) is 5.75 Å². The number of aliphatic hydroxyl groups is 1. The zero-order valence-electron chi connectivity index (χ0n) is 19.3. The summed E-state index contributed by atoms with van der Waals surface area (Å²) < 4.78 is 14.9. The van der Waals surface area contributed by atoms with Gasteiger partial charge in [0.25, 0.3) is 5.56 Å². The number of fused-ring (bicyclic) bond motifs is 1. The minimum Gasteiger partial charge on any atom is -0.490 e. The van der Waals surface area contributed by atoms with Gasteiger partial charge in [0.05, 0.1) is 12.7 Å². The van der Waals surface area contributed by atoms with Crippen LogP contribution in [0.25, 0.3) is 11.2 Å². The fourth-order valence-corrected chi connectivity index (χ4v) is 3.99. The normalized spacial score (nSPS) is 12.3. The van der Waals surface area contributed by atoms with Crippen molar-refractivity contribution >= 4 is 28.9 Å². The molecule has 0 spiro atoms. The lowest BCUT2D eigenvalue weighted by Crippen LogP contribution is -2.37. The van der Waals surface area contributed by atoms with Crippen molar-refractivity contribution in [2.75, 3.05) is 19.0 Å². The average Bonchev–Trinajstić information content (AvgIpc) is 3.13. The van der Waals surface area contributed by atoms with E-state index >= 15 is 0 Å². The summed E-state index contributed by atoms with van der Waals surface area (Å²) in [5, 5.41) is 10.9. The van der Waals surface area contributed by atoms with Gasteiger partial charge in [0.1, 0.15) is 17.9 Å². The average molecular weight is 477 g/mol. The van der Waals surface area contributed by atoms with Gasteiger partial charge in [-0.2, -0.15) is 0 Å². The molecule has 0 amide bonds. The molecule has 11 heteroatoms. The predicted molar refractivity (Wildman–Crippen MR) is 125 cm³/mol. The Balaban J connectivity index is 1.67. The Kier molecular flexibility index (Phi) is 7.65. The summed E-state index contributed by atoms with van der Waals surface area (Å²) in [4.78, 5) is 41.3. The number of hydrogen-bond donors (Lipinski definition) is 1. The molecule has 0 bridgehead atoms. The SMILES string of the molecule is CC(C)COC(=O)c1ccccc1OCC(O)CSc1nc2c(c(=O)n(C)c(=O)n2C)n1C. The topological polar surface area (TPSA) is 118 Å². The third-order valence-corrected chi connectivity index (χ3v) is 6.10. The molecule has 2 aromatic heterocycles. The highest BCUT2D eigenvalue weighted by molar-refractivity contribution is 7.99. The number of nitrogens with zero attached hydrogens (tertiary/aromatic N) is 4. The van der Waals surface area contributed by atoms with Crippen LogP contribution in [0, 0.1) is 5.92 Å². The number of esters is 1. The molecule has 33 heavy (non-hydrogen) atoms. The molecule has 2 heterocycles. The first-order chi connectivity index (χ1) is 15.6. The van der Waals surface area contributed by atoms with Crippen LogP contribution in [0.4, 0.5) is 0 Å². The molecular formula is C22H28N4O6S. The number of rotatable bonds is 9. The largest absolute Gasteiger partial charge is 0.490 e. The molecule has 3 rings (SSSR count). The van der Waals surface area contributed by atoms with Crippen LogP contribution >= 0.6 is 11.8 Å². The molecule has 1 unspecified atom stereocenters. The first-order valence-corrected chi connectivity index (χ1v) is 11.4. The van der Waals surface area contributed by atoms with Gasteiger partial charge >= 0.3 is 11.7 Å². The second-order valence-corrected chi connectivity index (χ2v) is 9.08. The first-order valence-electron chi connectivity index (χ1n) is 10.4. The molecule has 0 fully saturated rings. The van der Waals surface area contributed by atoms with Crippen LogP contribution in [-0.4, -0.2) is 54.8 Å². The third-order valence-electron chi connectivity index (χ3n) is 4.93. The molecule has 10 nitrogen and oxygen atoms in total. The van der Waals surface area contributed by atoms with Crippen LogP contribution in [0.15, 0.2) is 39.0 Å². The van der Waals surface area contributed by atoms with Crippen molar-refractivity contribution in [3.05, 3.63) is 50.7 Å². The van der Waals surface area contributed by atoms with Crippen LogP contribution in [-0.2, 0) is 25.9 Å². The first kappa shape index (κ1) is 24.6. The van der Waals surface area contributed by atoms with Crippen molar-refractivity contribution in [2.24, 2.45) is 27.1 Å². The number of benzene rings is 1. The summed E-state index contributed by atoms with van der Waals surface area (Å²) in [6, 6.07) is 6.71. The lowest BCUT2D eigenvalue weighted by atomic mass is 10.2. The zero-order valence-corrected chi connectivity index (χ0v) is 20.1. The van der Waals surface area contributed by atoms with Crippen LogP contribution in [0.1, 0.15) is 24.2 Å². The van der Waals surface area contributed by atoms with Crippen molar-refractivity contribution < 1.29 is 19.4 Å². The van der Waals surface area contributed by atoms with Crippen molar-refractivity contribution in [1.29, 1.82) is 0 Å². The number of carbonyl (C=O) groups is 1. The summed E-state index contributed by atoms with van der Waals surface area (Å²) in [6.07, 6.45) is -0.874. The van der Waals surface area contributed by atoms with Gasteiger partial charge in [-0.05, 0) is 18.1 Å². The number of thioether (sulfide) groups is 1. The van der Waals surface area contributed by atoms with Crippen molar-refractivity contribution in [3.63, 3.8) is 0 Å². The molecule has 1 aromatic carbocycles. The van der Waals surface area contributed by atoms with E-state index in [1.165, 1.54) is 23.4 Å². The molecular weight excluding hydrogens is 448 g/mol. The molecule has 1 atom stereocenters. The van der Waals surface area contributed by atoms with Gasteiger partial charge in [0.2, 0.25) is 0 Å². The van der Waals surface area contributed by atoms with E-state index < -0.39 is 23.3 Å². The maximum Gasteiger partial charge on any atom is 0.341 e. The number of aliphatic hydroxyl groups excluding tert-OH is 1. The van der Waals surface area contributed by atoms with Gasteiger partial charge in [-0.25, -0.2) is 14.6 Å². The maximum atomic E-state index is 12.5. The Hall–Kier alpha value is -3.05. The third kappa shape index (κ3) is 5.31. The van der Waals surface area contributed by atoms with Gasteiger partial charge in [0, 0.05) is 26.9 Å². The van der Waals surface area contributed by atoms with E-state index in [2.05, 4.69) is 4.98 Å². The monoisotopic (exact) mass is 476 g/mol. The highest BCUT2D eigenvalue weighted by atomic mass is 32.2. The molecule has 0 saturated carbocycles. The molecule has 0 aliphatic rings. The van der Waals surface area contributed by atoms with E-state index in [0.717, 1.165) is 4.57 Å². The Labute approximate surface area is 194 Å². The van der Waals surface area contributed by atoms with E-state index in [4.69, 9.17) is 9.47 Å². The summed E-state index contributed by atoms with van der Waals surface area (Å²) in [5.74, 6) is 0.295. The standard InChI is InChI=1S/C22H28N4O6S/c1-13(2)10-32-20(29)15-8-6-7-9-16(15)31-11-14(27)12-33-21-23-18-17(24(21)3)19(28)26(5)22(30)25(18)4/h6-9,13-14,27H,10-12H2,1-5H3. The Morgan fingerprint density at radius 2 is 1.79 bits per heavy atom. The lowest BCUT2D eigenvalue weighted by Gasteiger charge is -2.15. The molecule has 0 radical (unpaired) electrons. The number of carbonyl (C=O) groups excluding carboxylic acids is 1. The molecule has 1 N–H and O–H groups in total. The quantitative estimate of drug-likeness (QED) is 0.363. The van der Waals surface area contributed by atoms with Crippen LogP contribution in [0.2, 0.25) is 0 Å². The summed E-state index contributed by atoms with van der Waals surface area (Å²) in [5.41, 5.74) is 0.000401. The van der Waals surface area contributed by atoms with E-state index in [1.54, 1.807) is 42.9 Å². The van der Waals surface area contributed by atoms with Crippen molar-refractivity contribution in [3.8, 4) is 5.75 Å². The molecule has 0 aliphatic carbocycles. The van der Waals surface area contributed by atoms with Crippen molar-refractivity contribution in [1.82, 2.24) is 18.7 Å². The van der Waals surface area contributed by atoms with Gasteiger partial charge in [-0.3, -0.25) is 13.9 Å². The fourth-order valence-electron chi connectivity index (χ4n) is 3.11. The van der Waals surface area contributed by atoms with E-state index in [-0.39, 0.29) is 23.9 Å². The van der Waals surface area contributed by atoms with E-state index in [0.29, 0.717) is 28.6 Å². The summed E-state index contributed by atoms with van der Waals surface area (Å²) in [7, 11) is 4.66. The number of aromatic nitrogens is 4. The highest BCUT2D eigenvalue weighted by Crippen LogP contribution is 2.23. The van der Waals surface area contributed by atoms with Gasteiger partial charge in [-0.15, -0.1) is 0 Å². The lowest BCUT2D eigenvalue weighted by molar-refractivity contribution is 0.0450. The molecule has 3 aromatic rings. The smallest absolute Gasteiger partial charge is 0.341 e. The van der Waals surface area contributed by atoms with E-state index in [9.17, 15) is 19.5 Å². The molecule has 0 aliphatic heterocycles. The second-order valence-electron chi connectivity index (χ2n) is 8.10. The predicted octanol–water partition coefficient (Wildman–Crippen LogP) is 1.32. The Bertz CT molecular complexity index is 1280. The van der Waals surface area contributed by atoms with Gasteiger partial charge in [0.15, 0.2) is 16.3 Å².